The molecule has 0 unspecified atom stereocenters. The SMILES string of the molecule is CC(=O)c1c(C)[nH]c(C(=O)C[NH+]2CCN(C(C)=O)CC2)c1C. The van der Waals surface area contributed by atoms with E-state index in [-0.39, 0.29) is 17.5 Å². The lowest BCUT2D eigenvalue weighted by atomic mass is 10.1. The zero-order chi connectivity index (χ0) is 16.4. The molecule has 1 amide bonds. The van der Waals surface area contributed by atoms with Gasteiger partial charge in [0.1, 0.15) is 6.54 Å². The molecule has 0 aliphatic carbocycles. The fourth-order valence-electron chi connectivity index (χ4n) is 3.19. The van der Waals surface area contributed by atoms with Crippen molar-refractivity contribution in [3.05, 3.63) is 22.5 Å². The van der Waals surface area contributed by atoms with Crippen LogP contribution in [0.3, 0.4) is 0 Å². The van der Waals surface area contributed by atoms with Crippen LogP contribution in [0.15, 0.2) is 0 Å². The minimum Gasteiger partial charge on any atom is -0.355 e. The number of aromatic amines is 1. The molecular formula is C16H24N3O3+. The van der Waals surface area contributed by atoms with Gasteiger partial charge in [0.15, 0.2) is 5.78 Å². The summed E-state index contributed by atoms with van der Waals surface area (Å²) >= 11 is 0. The quantitative estimate of drug-likeness (QED) is 0.754. The van der Waals surface area contributed by atoms with Crippen LogP contribution >= 0.6 is 0 Å². The second-order valence-corrected chi connectivity index (χ2v) is 6.04. The Hall–Kier alpha value is -1.95. The topological polar surface area (TPSA) is 74.7 Å². The summed E-state index contributed by atoms with van der Waals surface area (Å²) in [6, 6.07) is 0. The maximum atomic E-state index is 12.5. The van der Waals surface area contributed by atoms with Crippen LogP contribution in [0, 0.1) is 13.8 Å². The minimum atomic E-state index is -0.0206. The molecule has 0 bridgehead atoms. The molecule has 1 aliphatic rings. The van der Waals surface area contributed by atoms with Crippen LogP contribution in [0.2, 0.25) is 0 Å². The zero-order valence-corrected chi connectivity index (χ0v) is 13.7. The number of Topliss-reactive ketones (excluding diaryl/α,β-unsaturated/α-hetero) is 2. The van der Waals surface area contributed by atoms with Crippen LogP contribution in [0.1, 0.15) is 46.0 Å². The average Bonchev–Trinajstić information content (AvgIpc) is 2.74. The monoisotopic (exact) mass is 306 g/mol. The first-order valence-corrected chi connectivity index (χ1v) is 7.63. The predicted octanol–water partition coefficient (Wildman–Crippen LogP) is -0.236. The molecule has 2 heterocycles. The zero-order valence-electron chi connectivity index (χ0n) is 13.7. The van der Waals surface area contributed by atoms with E-state index >= 15 is 0 Å². The van der Waals surface area contributed by atoms with Gasteiger partial charge < -0.3 is 14.8 Å². The first-order chi connectivity index (χ1) is 10.3. The molecule has 1 fully saturated rings. The van der Waals surface area contributed by atoms with E-state index in [1.165, 1.54) is 11.8 Å². The summed E-state index contributed by atoms with van der Waals surface area (Å²) in [4.78, 5) is 41.5. The Bertz CT molecular complexity index is 610. The number of piperazine rings is 1. The fourth-order valence-corrected chi connectivity index (χ4v) is 3.19. The smallest absolute Gasteiger partial charge is 0.233 e. The van der Waals surface area contributed by atoms with Crippen molar-refractivity contribution in [3.63, 3.8) is 0 Å². The van der Waals surface area contributed by atoms with Crippen LogP contribution in [0.4, 0.5) is 0 Å². The first-order valence-electron chi connectivity index (χ1n) is 7.63. The maximum absolute atomic E-state index is 12.5. The van der Waals surface area contributed by atoms with E-state index in [1.54, 1.807) is 6.92 Å². The van der Waals surface area contributed by atoms with Crippen LogP contribution in [-0.4, -0.2) is 60.1 Å². The van der Waals surface area contributed by atoms with Gasteiger partial charge in [-0.1, -0.05) is 0 Å². The van der Waals surface area contributed by atoms with Gasteiger partial charge in [0.05, 0.1) is 31.9 Å². The van der Waals surface area contributed by atoms with Gasteiger partial charge in [-0.05, 0) is 26.3 Å². The number of rotatable bonds is 4. The van der Waals surface area contributed by atoms with E-state index < -0.39 is 0 Å². The number of hydrogen-bond acceptors (Lipinski definition) is 3. The summed E-state index contributed by atoms with van der Waals surface area (Å²) < 4.78 is 0. The van der Waals surface area contributed by atoms with Gasteiger partial charge >= 0.3 is 0 Å². The third-order valence-electron chi connectivity index (χ3n) is 4.39. The van der Waals surface area contributed by atoms with Gasteiger partial charge in [-0.2, -0.15) is 0 Å². The van der Waals surface area contributed by atoms with E-state index in [9.17, 15) is 14.4 Å². The van der Waals surface area contributed by atoms with E-state index in [4.69, 9.17) is 0 Å². The summed E-state index contributed by atoms with van der Waals surface area (Å²) in [6.07, 6.45) is 0. The van der Waals surface area contributed by atoms with Crippen molar-refractivity contribution in [2.24, 2.45) is 0 Å². The summed E-state index contributed by atoms with van der Waals surface area (Å²) in [7, 11) is 0. The first kappa shape index (κ1) is 16.4. The number of aryl methyl sites for hydroxylation is 1. The van der Waals surface area contributed by atoms with Crippen molar-refractivity contribution < 1.29 is 19.3 Å². The standard InChI is InChI=1S/C16H23N3O3/c1-10-15(12(3)20)11(2)17-16(10)14(22)9-18-5-7-19(8-6-18)13(4)21/h17H,5-9H2,1-4H3/p+1. The lowest BCUT2D eigenvalue weighted by molar-refractivity contribution is -0.895. The molecule has 22 heavy (non-hydrogen) atoms. The number of carbonyl (C=O) groups excluding carboxylic acids is 3. The summed E-state index contributed by atoms with van der Waals surface area (Å²) in [5, 5.41) is 0. The number of nitrogens with one attached hydrogen (secondary N) is 2. The molecule has 2 rings (SSSR count). The number of aromatic nitrogens is 1. The van der Waals surface area contributed by atoms with Crippen molar-refractivity contribution in [1.82, 2.24) is 9.88 Å². The fraction of sp³-hybridized carbons (Fsp3) is 0.562. The lowest BCUT2D eigenvalue weighted by Crippen LogP contribution is -3.15. The molecule has 1 aromatic heterocycles. The summed E-state index contributed by atoms with van der Waals surface area (Å²) in [6.45, 7) is 10.1. The Balaban J connectivity index is 2.03. The highest BCUT2D eigenvalue weighted by atomic mass is 16.2. The third-order valence-corrected chi connectivity index (χ3v) is 4.39. The van der Waals surface area contributed by atoms with Crippen LogP contribution < -0.4 is 4.90 Å². The molecule has 1 aliphatic heterocycles. The van der Waals surface area contributed by atoms with Crippen molar-refractivity contribution >= 4 is 17.5 Å². The number of carbonyl (C=O) groups is 3. The number of amides is 1. The Morgan fingerprint density at radius 3 is 2.18 bits per heavy atom. The Morgan fingerprint density at radius 2 is 1.73 bits per heavy atom. The van der Waals surface area contributed by atoms with Gasteiger partial charge in [-0.3, -0.25) is 14.4 Å². The number of ketones is 2. The van der Waals surface area contributed by atoms with E-state index in [0.29, 0.717) is 30.9 Å². The molecule has 0 aromatic carbocycles. The molecular weight excluding hydrogens is 282 g/mol. The molecule has 1 saturated heterocycles. The van der Waals surface area contributed by atoms with Crippen molar-refractivity contribution in [3.8, 4) is 0 Å². The highest BCUT2D eigenvalue weighted by Crippen LogP contribution is 2.18. The second-order valence-electron chi connectivity index (χ2n) is 6.04. The largest absolute Gasteiger partial charge is 0.355 e. The van der Waals surface area contributed by atoms with Gasteiger partial charge in [0.25, 0.3) is 0 Å². The lowest BCUT2D eigenvalue weighted by Gasteiger charge is -2.31. The molecule has 6 nitrogen and oxygen atoms in total. The molecule has 120 valence electrons. The van der Waals surface area contributed by atoms with Gasteiger partial charge in [-0.15, -0.1) is 0 Å². The molecule has 0 saturated carbocycles. The molecule has 0 spiro atoms. The van der Waals surface area contributed by atoms with Crippen LogP contribution in [0.25, 0.3) is 0 Å². The van der Waals surface area contributed by atoms with Crippen LogP contribution in [0.5, 0.6) is 0 Å². The summed E-state index contributed by atoms with van der Waals surface area (Å²) in [5.74, 6) is 0.0967. The molecule has 0 radical (unpaired) electrons. The van der Waals surface area contributed by atoms with Crippen molar-refractivity contribution in [2.45, 2.75) is 27.7 Å². The van der Waals surface area contributed by atoms with Crippen LogP contribution in [-0.2, 0) is 4.79 Å². The Labute approximate surface area is 130 Å². The Kier molecular flexibility index (Phi) is 4.81. The highest BCUT2D eigenvalue weighted by Gasteiger charge is 2.26. The molecule has 2 N–H and O–H groups in total. The second kappa shape index (κ2) is 6.44. The van der Waals surface area contributed by atoms with Gasteiger partial charge in [-0.25, -0.2) is 0 Å². The number of quaternary nitrogens is 1. The molecule has 1 aromatic rings. The van der Waals surface area contributed by atoms with E-state index in [2.05, 4.69) is 4.98 Å². The normalized spacial score (nSPS) is 15.9. The van der Waals surface area contributed by atoms with Crippen molar-refractivity contribution in [1.29, 1.82) is 0 Å². The van der Waals surface area contributed by atoms with Crippen molar-refractivity contribution in [2.75, 3.05) is 32.7 Å². The van der Waals surface area contributed by atoms with E-state index in [0.717, 1.165) is 24.3 Å². The van der Waals surface area contributed by atoms with Gasteiger partial charge in [0, 0.05) is 18.2 Å². The van der Waals surface area contributed by atoms with Gasteiger partial charge in [0.2, 0.25) is 11.7 Å². The Morgan fingerprint density at radius 1 is 1.14 bits per heavy atom. The minimum absolute atomic E-state index is 0.0206. The maximum Gasteiger partial charge on any atom is 0.233 e. The average molecular weight is 306 g/mol. The number of H-pyrrole nitrogens is 1. The third kappa shape index (κ3) is 3.27. The summed E-state index contributed by atoms with van der Waals surface area (Å²) in [5.41, 5.74) is 2.67. The number of hydrogen-bond donors (Lipinski definition) is 2. The highest BCUT2D eigenvalue weighted by molar-refractivity contribution is 6.03. The molecule has 6 heteroatoms. The number of nitrogens with zero attached hydrogens (tertiary/aromatic N) is 1. The predicted molar refractivity (Wildman–Crippen MR) is 82.4 cm³/mol. The van der Waals surface area contributed by atoms with E-state index in [1.807, 2.05) is 18.7 Å². The molecule has 0 atom stereocenters.